The number of carbonyl (C=O) groups is 1. The van der Waals surface area contributed by atoms with Crippen molar-refractivity contribution in [1.29, 1.82) is 0 Å². The fraction of sp³-hybridized carbons (Fsp3) is 0.423. The zero-order valence-corrected chi connectivity index (χ0v) is 26.4. The molecular weight excluding hydrogens is 602 g/mol. The smallest absolute Gasteiger partial charge is 0.413 e. The molecule has 0 aliphatic carbocycles. The Morgan fingerprint density at radius 3 is 2.55 bits per heavy atom. The average Bonchev–Trinajstić information content (AvgIpc) is 3.49. The van der Waals surface area contributed by atoms with Crippen LogP contribution in [0.2, 0.25) is 0 Å². The van der Waals surface area contributed by atoms with E-state index in [0.717, 1.165) is 50.6 Å². The van der Waals surface area contributed by atoms with Gasteiger partial charge in [0.25, 0.3) is 10.0 Å². The van der Waals surface area contributed by atoms with Crippen LogP contribution in [0, 0.1) is 20.8 Å². The van der Waals surface area contributed by atoms with Gasteiger partial charge in [-0.2, -0.15) is 9.40 Å². The van der Waals surface area contributed by atoms with E-state index in [2.05, 4.69) is 52.3 Å². The van der Waals surface area contributed by atoms with Crippen molar-refractivity contribution in [2.75, 3.05) is 50.5 Å². The van der Waals surface area contributed by atoms with E-state index in [4.69, 9.17) is 0 Å². The Morgan fingerprint density at radius 2 is 1.88 bits per heavy atom. The molecule has 5 rings (SSSR count). The number of anilines is 2. The predicted octanol–water partition coefficient (Wildman–Crippen LogP) is 3.81. The monoisotopic (exact) mass is 635 g/mol. The van der Waals surface area contributed by atoms with Gasteiger partial charge in [-0.25, -0.2) is 28.2 Å². The van der Waals surface area contributed by atoms with Gasteiger partial charge in [0.15, 0.2) is 9.34 Å². The van der Waals surface area contributed by atoms with Crippen LogP contribution in [-0.4, -0.2) is 94.7 Å². The quantitative estimate of drug-likeness (QED) is 0.260. The van der Waals surface area contributed by atoms with E-state index in [9.17, 15) is 13.2 Å². The summed E-state index contributed by atoms with van der Waals surface area (Å²) in [5, 5.41) is 14.5. The summed E-state index contributed by atoms with van der Waals surface area (Å²) >= 11 is 0.925. The molecule has 3 aromatic heterocycles. The van der Waals surface area contributed by atoms with E-state index in [-0.39, 0.29) is 27.8 Å². The van der Waals surface area contributed by atoms with Crippen LogP contribution in [0.4, 0.5) is 15.7 Å². The number of carbonyl (C=O) groups excluding carboxylic acids is 1. The minimum atomic E-state index is -3.74. The molecule has 1 aliphatic rings. The number of para-hydroxylation sites is 1. The normalized spacial score (nSPS) is 15.3. The number of piperazine rings is 1. The summed E-state index contributed by atoms with van der Waals surface area (Å²) in [6, 6.07) is 6.11. The lowest BCUT2D eigenvalue weighted by molar-refractivity contribution is 0.184. The molecule has 1 fully saturated rings. The van der Waals surface area contributed by atoms with Crippen LogP contribution >= 0.6 is 23.7 Å². The highest BCUT2D eigenvalue weighted by molar-refractivity contribution is 7.91. The number of hydrogen-bond donors (Lipinski definition) is 3. The van der Waals surface area contributed by atoms with E-state index in [0.29, 0.717) is 38.4 Å². The number of aryl methyl sites for hydroxylation is 3. The van der Waals surface area contributed by atoms with Crippen molar-refractivity contribution in [2.45, 2.75) is 37.9 Å². The third-order valence-electron chi connectivity index (χ3n) is 7.03. The minimum Gasteiger partial charge on any atom is -0.453 e. The lowest BCUT2D eigenvalue weighted by Crippen LogP contribution is -2.50. The molecule has 42 heavy (non-hydrogen) atoms. The van der Waals surface area contributed by atoms with E-state index in [1.54, 1.807) is 13.3 Å². The van der Waals surface area contributed by atoms with Crippen molar-refractivity contribution in [3.05, 3.63) is 41.6 Å². The molecule has 1 aliphatic heterocycles. The Morgan fingerprint density at radius 1 is 1.14 bits per heavy atom. The molecule has 4 aromatic rings. The van der Waals surface area contributed by atoms with Crippen LogP contribution < -0.4 is 10.6 Å². The number of aromatic nitrogens is 5. The van der Waals surface area contributed by atoms with Crippen LogP contribution in [0.3, 0.4) is 0 Å². The zero-order chi connectivity index (χ0) is 29.3. The molecule has 0 saturated carbocycles. The lowest BCUT2D eigenvalue weighted by Gasteiger charge is -2.35. The Bertz CT molecular complexity index is 1660. The maximum atomic E-state index is 13.3. The molecule has 0 radical (unpaired) electrons. The van der Waals surface area contributed by atoms with Gasteiger partial charge in [0.05, 0.1) is 24.0 Å². The average molecular weight is 636 g/mol. The van der Waals surface area contributed by atoms with Crippen LogP contribution in [0.25, 0.3) is 22.0 Å². The second-order valence-electron chi connectivity index (χ2n) is 9.99. The summed E-state index contributed by atoms with van der Waals surface area (Å²) in [6.07, 6.45) is 0.876. The Kier molecular flexibility index (Phi) is 9.67. The maximum Gasteiger partial charge on any atom is 0.413 e. The van der Waals surface area contributed by atoms with E-state index < -0.39 is 16.1 Å². The molecule has 1 saturated heterocycles. The molecule has 0 bridgehead atoms. The highest BCUT2D eigenvalue weighted by Crippen LogP contribution is 2.33. The molecule has 0 spiro atoms. The number of rotatable bonds is 8. The molecular formula is C26H34ClN9O4S2. The molecule has 0 unspecified atom stereocenters. The van der Waals surface area contributed by atoms with Crippen LogP contribution in [0.5, 0.6) is 0 Å². The molecule has 13 nitrogen and oxygen atoms in total. The molecule has 1 aromatic carbocycles. The third kappa shape index (κ3) is 6.34. The number of H-pyrrole nitrogens is 1. The van der Waals surface area contributed by atoms with Gasteiger partial charge < -0.3 is 10.1 Å². The molecule has 4 heterocycles. The van der Waals surface area contributed by atoms with Crippen LogP contribution in [0.1, 0.15) is 24.0 Å². The lowest BCUT2D eigenvalue weighted by atomic mass is 10.0. The van der Waals surface area contributed by atoms with Gasteiger partial charge in [-0.1, -0.05) is 23.5 Å². The first-order valence-electron chi connectivity index (χ1n) is 13.2. The zero-order valence-electron chi connectivity index (χ0n) is 24.0. The summed E-state index contributed by atoms with van der Waals surface area (Å²) in [7, 11) is -2.50. The summed E-state index contributed by atoms with van der Waals surface area (Å²) in [5.74, 6) is 0.751. The number of amides is 1. The Hall–Kier alpha value is -3.37. The third-order valence-corrected chi connectivity index (χ3v) is 10.6. The standard InChI is InChI=1S/C26H33N9O4S2.ClH/c1-15(29-23-20-8-6-7-19(22(20)27-14-28-23)21-16(2)32-33-17(21)3)13-34-9-11-35(12-10-34)41(37,38)24-18(4)30-25(40-24)31-26(36)39-5;/h6-8,14-15H,9-13H2,1-5H3,(H,32,33)(H,27,28,29)(H,30,31,36);1H/t15-;/m0./s1. The van der Waals surface area contributed by atoms with E-state index >= 15 is 0 Å². The predicted molar refractivity (Wildman–Crippen MR) is 165 cm³/mol. The number of halogens is 1. The number of benzene rings is 1. The van der Waals surface area contributed by atoms with Crippen molar-refractivity contribution in [3.8, 4) is 11.1 Å². The second-order valence-corrected chi connectivity index (χ2v) is 13.1. The van der Waals surface area contributed by atoms with Gasteiger partial charge in [0.1, 0.15) is 12.1 Å². The Balaban J connectivity index is 0.00000405. The van der Waals surface area contributed by atoms with Gasteiger partial charge in [0, 0.05) is 61.0 Å². The van der Waals surface area contributed by atoms with Crippen LogP contribution in [-0.2, 0) is 14.8 Å². The summed E-state index contributed by atoms with van der Waals surface area (Å²) < 4.78 is 32.8. The highest BCUT2D eigenvalue weighted by atomic mass is 35.5. The number of sulfonamides is 1. The van der Waals surface area contributed by atoms with Gasteiger partial charge >= 0.3 is 6.09 Å². The molecule has 226 valence electrons. The fourth-order valence-corrected chi connectivity index (χ4v) is 8.06. The summed E-state index contributed by atoms with van der Waals surface area (Å²) in [4.78, 5) is 27.0. The molecule has 1 amide bonds. The topological polar surface area (TPSA) is 158 Å². The van der Waals surface area contributed by atoms with Gasteiger partial charge in [0.2, 0.25) is 0 Å². The number of nitrogens with one attached hydrogen (secondary N) is 3. The number of nitrogens with zero attached hydrogens (tertiary/aromatic N) is 6. The number of methoxy groups -OCH3 is 1. The van der Waals surface area contributed by atoms with Gasteiger partial charge in [-0.05, 0) is 33.8 Å². The van der Waals surface area contributed by atoms with Gasteiger partial charge in [-0.15, -0.1) is 12.4 Å². The summed E-state index contributed by atoms with van der Waals surface area (Å²) in [5.41, 5.74) is 5.16. The molecule has 1 atom stereocenters. The first-order valence-corrected chi connectivity index (χ1v) is 15.4. The first-order chi connectivity index (χ1) is 19.6. The summed E-state index contributed by atoms with van der Waals surface area (Å²) in [6.45, 7) is 10.3. The molecule has 16 heteroatoms. The van der Waals surface area contributed by atoms with Crippen molar-refractivity contribution in [3.63, 3.8) is 0 Å². The Labute approximate surface area is 254 Å². The number of hydrogen-bond acceptors (Lipinski definition) is 11. The van der Waals surface area contributed by atoms with Crippen LogP contribution in [0.15, 0.2) is 28.7 Å². The van der Waals surface area contributed by atoms with Crippen molar-refractivity contribution < 1.29 is 17.9 Å². The first kappa shape index (κ1) is 31.6. The molecule has 3 N–H and O–H groups in total. The maximum absolute atomic E-state index is 13.3. The SMILES string of the molecule is COC(=O)Nc1nc(C)c(S(=O)(=O)N2CCN(C[C@H](C)Nc3ncnc4c(-c5c(C)n[nH]c5C)cccc34)CC2)s1.Cl. The number of ether oxygens (including phenoxy) is 1. The van der Waals surface area contributed by atoms with Crippen molar-refractivity contribution >= 4 is 61.7 Å². The number of aromatic amines is 1. The number of fused-ring (bicyclic) bond motifs is 1. The van der Waals surface area contributed by atoms with Crippen molar-refractivity contribution in [2.24, 2.45) is 0 Å². The van der Waals surface area contributed by atoms with Gasteiger partial charge in [-0.3, -0.25) is 15.3 Å². The van der Waals surface area contributed by atoms with E-state index in [1.165, 1.54) is 11.4 Å². The fourth-order valence-electron chi connectivity index (χ4n) is 5.10. The van der Waals surface area contributed by atoms with E-state index in [1.807, 2.05) is 32.0 Å². The van der Waals surface area contributed by atoms with Crippen molar-refractivity contribution in [1.82, 2.24) is 34.4 Å². The number of thiazole rings is 1. The minimum absolute atomic E-state index is 0. The largest absolute Gasteiger partial charge is 0.453 e. The highest BCUT2D eigenvalue weighted by Gasteiger charge is 2.32. The second kappa shape index (κ2) is 12.9.